The summed E-state index contributed by atoms with van der Waals surface area (Å²) in [5.74, 6) is 0.107. The normalized spacial score (nSPS) is 16.0. The van der Waals surface area contributed by atoms with Gasteiger partial charge in [0, 0.05) is 48.7 Å². The van der Waals surface area contributed by atoms with E-state index < -0.39 is 0 Å². The van der Waals surface area contributed by atoms with Gasteiger partial charge in [-0.1, -0.05) is 24.3 Å². The fraction of sp³-hybridized carbons (Fsp3) is 0.353. The van der Waals surface area contributed by atoms with E-state index in [0.29, 0.717) is 6.42 Å². The van der Waals surface area contributed by atoms with Gasteiger partial charge in [0.15, 0.2) is 0 Å². The van der Waals surface area contributed by atoms with E-state index in [-0.39, 0.29) is 5.91 Å². The molecule has 0 radical (unpaired) electrons. The molecule has 2 heterocycles. The molecule has 4 nitrogen and oxygen atoms in total. The van der Waals surface area contributed by atoms with Crippen molar-refractivity contribution in [2.45, 2.75) is 19.3 Å². The van der Waals surface area contributed by atoms with Crippen molar-refractivity contribution >= 4 is 16.8 Å². The van der Waals surface area contributed by atoms with Gasteiger partial charge >= 0.3 is 0 Å². The van der Waals surface area contributed by atoms with E-state index in [1.165, 1.54) is 10.9 Å². The Labute approximate surface area is 124 Å². The number of amides is 1. The molecule has 0 spiro atoms. The molecule has 0 saturated carbocycles. The Balaban J connectivity index is 1.56. The lowest BCUT2D eigenvalue weighted by molar-refractivity contribution is -0.120. The number of carbonyl (C=O) groups is 1. The van der Waals surface area contributed by atoms with Crippen molar-refractivity contribution in [3.05, 3.63) is 47.8 Å². The van der Waals surface area contributed by atoms with Gasteiger partial charge in [-0.3, -0.25) is 4.79 Å². The number of fused-ring (bicyclic) bond motifs is 1. The van der Waals surface area contributed by atoms with E-state index in [1.54, 1.807) is 0 Å². The van der Waals surface area contributed by atoms with Crippen LogP contribution in [0, 0.1) is 0 Å². The van der Waals surface area contributed by atoms with Crippen molar-refractivity contribution in [3.8, 4) is 0 Å². The maximum Gasteiger partial charge on any atom is 0.224 e. The highest BCUT2D eigenvalue weighted by atomic mass is 16.1. The molecular formula is C17H21N3O. The molecule has 1 amide bonds. The maximum absolute atomic E-state index is 12.0. The van der Waals surface area contributed by atoms with Crippen LogP contribution in [0.5, 0.6) is 0 Å². The molecule has 0 aliphatic carbocycles. The van der Waals surface area contributed by atoms with Crippen molar-refractivity contribution in [1.82, 2.24) is 15.2 Å². The summed E-state index contributed by atoms with van der Waals surface area (Å²) < 4.78 is 0. The van der Waals surface area contributed by atoms with Gasteiger partial charge in [-0.05, 0) is 25.1 Å². The summed E-state index contributed by atoms with van der Waals surface area (Å²) in [4.78, 5) is 17.5. The number of nitrogens with zero attached hydrogens (tertiary/aromatic N) is 1. The smallest absolute Gasteiger partial charge is 0.224 e. The van der Waals surface area contributed by atoms with Gasteiger partial charge in [-0.25, -0.2) is 0 Å². The minimum absolute atomic E-state index is 0.107. The highest BCUT2D eigenvalue weighted by molar-refractivity contribution is 5.84. The summed E-state index contributed by atoms with van der Waals surface area (Å²) in [5.41, 5.74) is 3.40. The summed E-state index contributed by atoms with van der Waals surface area (Å²) in [6, 6.07) is 8.20. The average molecular weight is 283 g/mol. The summed E-state index contributed by atoms with van der Waals surface area (Å²) in [6.45, 7) is 1.92. The van der Waals surface area contributed by atoms with E-state index in [1.807, 2.05) is 18.3 Å². The Morgan fingerprint density at radius 1 is 1.38 bits per heavy atom. The summed E-state index contributed by atoms with van der Waals surface area (Å²) >= 11 is 0. The number of hydrogen-bond acceptors (Lipinski definition) is 2. The topological polar surface area (TPSA) is 48.1 Å². The number of H-pyrrole nitrogens is 1. The Morgan fingerprint density at radius 2 is 2.24 bits per heavy atom. The predicted molar refractivity (Wildman–Crippen MR) is 85.0 cm³/mol. The maximum atomic E-state index is 12.0. The van der Waals surface area contributed by atoms with Crippen LogP contribution in [0.1, 0.15) is 18.4 Å². The number of hydrogen-bond donors (Lipinski definition) is 2. The Bertz CT molecular complexity index is 671. The largest absolute Gasteiger partial charge is 0.361 e. The Kier molecular flexibility index (Phi) is 4.06. The third-order valence-corrected chi connectivity index (χ3v) is 4.01. The van der Waals surface area contributed by atoms with Gasteiger partial charge in [0.1, 0.15) is 0 Å². The Morgan fingerprint density at radius 3 is 3.05 bits per heavy atom. The lowest BCUT2D eigenvalue weighted by atomic mass is 10.1. The standard InChI is InChI=1S/C17H21N3O/c1-20-10-8-14(9-11-20)19-17(21)7-6-13-12-18-16-5-3-2-4-15(13)16/h2-5,8,12,18H,6-7,9-11H2,1H3,(H,19,21). The van der Waals surface area contributed by atoms with Crippen LogP contribution in [0.25, 0.3) is 10.9 Å². The number of aromatic nitrogens is 1. The zero-order valence-corrected chi connectivity index (χ0v) is 12.4. The summed E-state index contributed by atoms with van der Waals surface area (Å²) in [6.07, 6.45) is 6.33. The minimum atomic E-state index is 0.107. The second kappa shape index (κ2) is 6.14. The van der Waals surface area contributed by atoms with Crippen molar-refractivity contribution in [3.63, 3.8) is 0 Å². The molecule has 2 N–H and O–H groups in total. The van der Waals surface area contributed by atoms with Crippen LogP contribution in [-0.4, -0.2) is 35.9 Å². The number of carbonyl (C=O) groups excluding carboxylic acids is 1. The zero-order chi connectivity index (χ0) is 14.7. The van der Waals surface area contributed by atoms with Crippen LogP contribution in [0.2, 0.25) is 0 Å². The van der Waals surface area contributed by atoms with Gasteiger partial charge in [0.2, 0.25) is 5.91 Å². The van der Waals surface area contributed by atoms with E-state index in [4.69, 9.17) is 0 Å². The van der Waals surface area contributed by atoms with Crippen LogP contribution in [-0.2, 0) is 11.2 Å². The molecular weight excluding hydrogens is 262 g/mol. The Hall–Kier alpha value is -2.07. The fourth-order valence-electron chi connectivity index (χ4n) is 2.71. The lowest BCUT2D eigenvalue weighted by Crippen LogP contribution is -2.31. The predicted octanol–water partition coefficient (Wildman–Crippen LogP) is 2.44. The van der Waals surface area contributed by atoms with E-state index >= 15 is 0 Å². The number of para-hydroxylation sites is 1. The molecule has 1 aromatic heterocycles. The number of nitrogens with one attached hydrogen (secondary N) is 2. The number of benzene rings is 1. The van der Waals surface area contributed by atoms with Gasteiger partial charge in [0.05, 0.1) is 0 Å². The van der Waals surface area contributed by atoms with Crippen LogP contribution >= 0.6 is 0 Å². The van der Waals surface area contributed by atoms with Crippen molar-refractivity contribution in [2.24, 2.45) is 0 Å². The van der Waals surface area contributed by atoms with Crippen molar-refractivity contribution < 1.29 is 4.79 Å². The molecule has 0 bridgehead atoms. The molecule has 1 aliphatic rings. The van der Waals surface area contributed by atoms with Crippen LogP contribution in [0.15, 0.2) is 42.2 Å². The second-order valence-corrected chi connectivity index (χ2v) is 5.65. The first-order valence-electron chi connectivity index (χ1n) is 7.45. The third-order valence-electron chi connectivity index (χ3n) is 4.01. The average Bonchev–Trinajstić information content (AvgIpc) is 2.91. The molecule has 0 saturated heterocycles. The quantitative estimate of drug-likeness (QED) is 0.905. The molecule has 2 aromatic rings. The molecule has 21 heavy (non-hydrogen) atoms. The number of likely N-dealkylation sites (N-methyl/N-ethyl adjacent to an activating group) is 1. The third kappa shape index (κ3) is 3.34. The monoisotopic (exact) mass is 283 g/mol. The number of aryl methyl sites for hydroxylation is 1. The second-order valence-electron chi connectivity index (χ2n) is 5.65. The molecule has 0 unspecified atom stereocenters. The van der Waals surface area contributed by atoms with Crippen LogP contribution in [0.3, 0.4) is 0 Å². The highest BCUT2D eigenvalue weighted by Gasteiger charge is 2.11. The molecule has 0 atom stereocenters. The SMILES string of the molecule is CN1CC=C(NC(=O)CCc2c[nH]c3ccccc23)CC1. The fourth-order valence-corrected chi connectivity index (χ4v) is 2.71. The van der Waals surface area contributed by atoms with Crippen molar-refractivity contribution in [1.29, 1.82) is 0 Å². The molecule has 4 heteroatoms. The molecule has 110 valence electrons. The molecule has 0 fully saturated rings. The first-order chi connectivity index (χ1) is 10.2. The van der Waals surface area contributed by atoms with Gasteiger partial charge in [0.25, 0.3) is 0 Å². The lowest BCUT2D eigenvalue weighted by Gasteiger charge is -2.22. The van der Waals surface area contributed by atoms with E-state index in [2.05, 4.69) is 40.5 Å². The molecule has 1 aromatic carbocycles. The summed E-state index contributed by atoms with van der Waals surface area (Å²) in [5, 5.41) is 4.25. The molecule has 1 aliphatic heterocycles. The van der Waals surface area contributed by atoms with Crippen LogP contribution < -0.4 is 5.32 Å². The van der Waals surface area contributed by atoms with Gasteiger partial charge in [-0.15, -0.1) is 0 Å². The summed E-state index contributed by atoms with van der Waals surface area (Å²) in [7, 11) is 2.09. The number of rotatable bonds is 4. The minimum Gasteiger partial charge on any atom is -0.361 e. The molecule has 3 rings (SSSR count). The van der Waals surface area contributed by atoms with Gasteiger partial charge in [-0.2, -0.15) is 0 Å². The van der Waals surface area contributed by atoms with Crippen molar-refractivity contribution in [2.75, 3.05) is 20.1 Å². The first-order valence-corrected chi connectivity index (χ1v) is 7.45. The van der Waals surface area contributed by atoms with E-state index in [9.17, 15) is 4.79 Å². The van der Waals surface area contributed by atoms with E-state index in [0.717, 1.165) is 37.1 Å². The number of aromatic amines is 1. The zero-order valence-electron chi connectivity index (χ0n) is 12.4. The first kappa shape index (κ1) is 13.9. The highest BCUT2D eigenvalue weighted by Crippen LogP contribution is 2.19. The van der Waals surface area contributed by atoms with Crippen LogP contribution in [0.4, 0.5) is 0 Å². The van der Waals surface area contributed by atoms with Gasteiger partial charge < -0.3 is 15.2 Å².